The Hall–Kier alpha value is -0.800. The molecule has 0 heterocycles. The van der Waals surface area contributed by atoms with Crippen LogP contribution in [-0.2, 0) is 0 Å². The fraction of sp³-hybridized carbons (Fsp3) is 0.467. The van der Waals surface area contributed by atoms with E-state index < -0.39 is 0 Å². The van der Waals surface area contributed by atoms with Crippen molar-refractivity contribution in [2.45, 2.75) is 38.1 Å². The Bertz CT molecular complexity index is 379. The van der Waals surface area contributed by atoms with E-state index in [1.54, 1.807) is 7.11 Å². The van der Waals surface area contributed by atoms with Crippen LogP contribution in [0.2, 0.25) is 0 Å². The van der Waals surface area contributed by atoms with Gasteiger partial charge in [-0.15, -0.1) is 6.58 Å². The zero-order chi connectivity index (χ0) is 13.4. The van der Waals surface area contributed by atoms with Crippen LogP contribution in [0.3, 0.4) is 0 Å². The second-order valence-electron chi connectivity index (χ2n) is 4.42. The summed E-state index contributed by atoms with van der Waals surface area (Å²) in [6, 6.07) is 6.01. The van der Waals surface area contributed by atoms with Crippen LogP contribution in [0.25, 0.3) is 0 Å². The Morgan fingerprint density at radius 3 is 2.83 bits per heavy atom. The largest absolute Gasteiger partial charge is 0.497 e. The molecule has 1 aromatic rings. The highest BCUT2D eigenvalue weighted by Crippen LogP contribution is 2.29. The topological polar surface area (TPSA) is 35.2 Å². The van der Waals surface area contributed by atoms with Crippen molar-refractivity contribution in [2.75, 3.05) is 7.11 Å². The third-order valence-electron chi connectivity index (χ3n) is 3.03. The second-order valence-corrected chi connectivity index (χ2v) is 5.27. The Kier molecular flexibility index (Phi) is 7.06. The lowest BCUT2D eigenvalue weighted by Crippen LogP contribution is -2.11. The van der Waals surface area contributed by atoms with Crippen molar-refractivity contribution in [1.29, 1.82) is 0 Å². The smallest absolute Gasteiger partial charge is 0.119 e. The van der Waals surface area contributed by atoms with Crippen LogP contribution < -0.4 is 10.5 Å². The standard InChI is InChI=1S/C15H22BrNO/c1-3-4-5-6-7-8-15(17)13-11-12(18-2)9-10-14(13)16/h3,9-11,15H,1,4-8,17H2,2H3. The monoisotopic (exact) mass is 311 g/mol. The van der Waals surface area contributed by atoms with Crippen molar-refractivity contribution in [3.05, 3.63) is 40.9 Å². The van der Waals surface area contributed by atoms with Crippen molar-refractivity contribution in [3.8, 4) is 5.75 Å². The van der Waals surface area contributed by atoms with E-state index in [0.29, 0.717) is 0 Å². The molecule has 0 bridgehead atoms. The molecule has 1 rings (SSSR count). The molecule has 100 valence electrons. The zero-order valence-corrected chi connectivity index (χ0v) is 12.6. The number of methoxy groups -OCH3 is 1. The minimum absolute atomic E-state index is 0.0678. The molecule has 0 aliphatic heterocycles. The number of rotatable bonds is 8. The molecule has 0 fully saturated rings. The number of hydrogen-bond donors (Lipinski definition) is 1. The van der Waals surface area contributed by atoms with Gasteiger partial charge in [0.15, 0.2) is 0 Å². The zero-order valence-electron chi connectivity index (χ0n) is 11.0. The first kappa shape index (κ1) is 15.3. The summed E-state index contributed by atoms with van der Waals surface area (Å²) in [5.74, 6) is 0.857. The first-order chi connectivity index (χ1) is 8.69. The molecule has 18 heavy (non-hydrogen) atoms. The molecule has 0 amide bonds. The number of benzene rings is 1. The van der Waals surface area contributed by atoms with Gasteiger partial charge in [0.1, 0.15) is 5.75 Å². The minimum atomic E-state index is 0.0678. The third kappa shape index (κ3) is 4.83. The molecule has 0 saturated heterocycles. The van der Waals surface area contributed by atoms with Crippen LogP contribution in [0.5, 0.6) is 5.75 Å². The molecule has 1 unspecified atom stereocenters. The third-order valence-corrected chi connectivity index (χ3v) is 3.75. The van der Waals surface area contributed by atoms with Crippen molar-refractivity contribution in [1.82, 2.24) is 0 Å². The van der Waals surface area contributed by atoms with Crippen LogP contribution in [0.15, 0.2) is 35.3 Å². The number of ether oxygens (including phenoxy) is 1. The van der Waals surface area contributed by atoms with Gasteiger partial charge in [-0.05, 0) is 43.0 Å². The summed E-state index contributed by atoms with van der Waals surface area (Å²) in [6.07, 6.45) is 7.63. The van der Waals surface area contributed by atoms with Gasteiger partial charge >= 0.3 is 0 Å². The molecule has 0 aliphatic rings. The highest BCUT2D eigenvalue weighted by Gasteiger charge is 2.10. The predicted molar refractivity (Wildman–Crippen MR) is 80.9 cm³/mol. The van der Waals surface area contributed by atoms with Crippen molar-refractivity contribution >= 4 is 15.9 Å². The van der Waals surface area contributed by atoms with Gasteiger partial charge in [-0.1, -0.05) is 34.8 Å². The summed E-state index contributed by atoms with van der Waals surface area (Å²) < 4.78 is 6.29. The van der Waals surface area contributed by atoms with Crippen molar-refractivity contribution in [2.24, 2.45) is 5.73 Å². The van der Waals surface area contributed by atoms with E-state index in [1.165, 1.54) is 12.8 Å². The van der Waals surface area contributed by atoms with E-state index in [0.717, 1.165) is 35.0 Å². The maximum atomic E-state index is 6.23. The molecular weight excluding hydrogens is 290 g/mol. The number of hydrogen-bond acceptors (Lipinski definition) is 2. The van der Waals surface area contributed by atoms with E-state index in [-0.39, 0.29) is 6.04 Å². The fourth-order valence-corrected chi connectivity index (χ4v) is 2.46. The van der Waals surface area contributed by atoms with Gasteiger partial charge < -0.3 is 10.5 Å². The SMILES string of the molecule is C=CCCCCCC(N)c1cc(OC)ccc1Br. The molecule has 0 radical (unpaired) electrons. The number of halogens is 1. The lowest BCUT2D eigenvalue weighted by molar-refractivity contribution is 0.413. The summed E-state index contributed by atoms with van der Waals surface area (Å²) in [5, 5.41) is 0. The van der Waals surface area contributed by atoms with Gasteiger partial charge in [-0.25, -0.2) is 0 Å². The maximum absolute atomic E-state index is 6.23. The second kappa shape index (κ2) is 8.33. The average Bonchev–Trinajstić information content (AvgIpc) is 2.39. The Balaban J connectivity index is 2.49. The number of allylic oxidation sites excluding steroid dienone is 1. The molecule has 1 atom stereocenters. The quantitative estimate of drug-likeness (QED) is 0.562. The first-order valence-electron chi connectivity index (χ1n) is 6.39. The van der Waals surface area contributed by atoms with E-state index in [2.05, 4.69) is 22.5 Å². The summed E-state index contributed by atoms with van der Waals surface area (Å²) >= 11 is 3.55. The molecule has 2 N–H and O–H groups in total. The highest BCUT2D eigenvalue weighted by molar-refractivity contribution is 9.10. The number of unbranched alkanes of at least 4 members (excludes halogenated alkanes) is 3. The van der Waals surface area contributed by atoms with Gasteiger partial charge in [-0.2, -0.15) is 0 Å². The fourth-order valence-electron chi connectivity index (χ4n) is 1.92. The van der Waals surface area contributed by atoms with E-state index in [4.69, 9.17) is 10.5 Å². The maximum Gasteiger partial charge on any atom is 0.119 e. The highest BCUT2D eigenvalue weighted by atomic mass is 79.9. The van der Waals surface area contributed by atoms with Crippen LogP contribution in [-0.4, -0.2) is 7.11 Å². The Morgan fingerprint density at radius 2 is 2.17 bits per heavy atom. The predicted octanol–water partition coefficient (Wildman–Crippen LogP) is 4.59. The van der Waals surface area contributed by atoms with Gasteiger partial charge in [0, 0.05) is 10.5 Å². The molecule has 2 nitrogen and oxygen atoms in total. The minimum Gasteiger partial charge on any atom is -0.497 e. The summed E-state index contributed by atoms with van der Waals surface area (Å²) in [7, 11) is 1.67. The molecule has 0 spiro atoms. The molecular formula is C15H22BrNO. The molecule has 0 aliphatic carbocycles. The lowest BCUT2D eigenvalue weighted by Gasteiger charge is -2.15. The number of nitrogens with two attached hydrogens (primary N) is 1. The van der Waals surface area contributed by atoms with Crippen LogP contribution >= 0.6 is 15.9 Å². The Morgan fingerprint density at radius 1 is 1.39 bits per heavy atom. The van der Waals surface area contributed by atoms with Gasteiger partial charge in [0.2, 0.25) is 0 Å². The lowest BCUT2D eigenvalue weighted by atomic mass is 10.0. The van der Waals surface area contributed by atoms with Crippen LogP contribution in [0, 0.1) is 0 Å². The van der Waals surface area contributed by atoms with Gasteiger partial charge in [0.05, 0.1) is 7.11 Å². The van der Waals surface area contributed by atoms with E-state index in [1.807, 2.05) is 24.3 Å². The summed E-state index contributed by atoms with van der Waals surface area (Å²) in [4.78, 5) is 0. The van der Waals surface area contributed by atoms with Gasteiger partial charge in [-0.3, -0.25) is 0 Å². The summed E-state index contributed by atoms with van der Waals surface area (Å²) in [6.45, 7) is 3.73. The average molecular weight is 312 g/mol. The molecule has 3 heteroatoms. The van der Waals surface area contributed by atoms with E-state index >= 15 is 0 Å². The molecule has 1 aromatic carbocycles. The first-order valence-corrected chi connectivity index (χ1v) is 7.18. The molecule has 0 saturated carbocycles. The van der Waals surface area contributed by atoms with Crippen LogP contribution in [0.1, 0.15) is 43.7 Å². The van der Waals surface area contributed by atoms with Crippen molar-refractivity contribution < 1.29 is 4.74 Å². The van der Waals surface area contributed by atoms with E-state index in [9.17, 15) is 0 Å². The van der Waals surface area contributed by atoms with Gasteiger partial charge in [0.25, 0.3) is 0 Å². The van der Waals surface area contributed by atoms with Crippen molar-refractivity contribution in [3.63, 3.8) is 0 Å². The Labute approximate surface area is 118 Å². The normalized spacial score (nSPS) is 12.2. The van der Waals surface area contributed by atoms with Crippen LogP contribution in [0.4, 0.5) is 0 Å². The summed E-state index contributed by atoms with van der Waals surface area (Å²) in [5.41, 5.74) is 7.35. The molecule has 0 aromatic heterocycles.